The minimum Gasteiger partial charge on any atom is -0.491 e. The number of halogens is 1. The number of ether oxygens (including phenoxy) is 1. The second-order valence-electron chi connectivity index (χ2n) is 3.66. The number of hydrogen-bond acceptors (Lipinski definition) is 3. The zero-order chi connectivity index (χ0) is 12.3. The van der Waals surface area contributed by atoms with Crippen LogP contribution in [0.2, 0.25) is 5.02 Å². The first-order valence-electron chi connectivity index (χ1n) is 4.86. The summed E-state index contributed by atoms with van der Waals surface area (Å²) in [7, 11) is 0. The summed E-state index contributed by atoms with van der Waals surface area (Å²) in [5.74, 6) is -0.662. The van der Waals surface area contributed by atoms with Crippen molar-refractivity contribution >= 4 is 17.6 Å². The van der Waals surface area contributed by atoms with Crippen LogP contribution < -0.4 is 10.5 Å². The number of carboxylic acid groups (broad SMARTS) is 1. The van der Waals surface area contributed by atoms with E-state index in [1.54, 1.807) is 12.1 Å². The van der Waals surface area contributed by atoms with E-state index in [0.717, 1.165) is 0 Å². The Morgan fingerprint density at radius 1 is 1.50 bits per heavy atom. The molecule has 0 fully saturated rings. The Kier molecular flexibility index (Phi) is 4.15. The minimum atomic E-state index is -1.13. The SMILES string of the molecule is CC(C)Oc1ccc(Cl)cc1C(N)C(=O)O. The summed E-state index contributed by atoms with van der Waals surface area (Å²) in [6, 6.07) is 3.64. The Morgan fingerprint density at radius 2 is 2.12 bits per heavy atom. The highest BCUT2D eigenvalue weighted by Gasteiger charge is 2.19. The van der Waals surface area contributed by atoms with E-state index < -0.39 is 12.0 Å². The monoisotopic (exact) mass is 243 g/mol. The molecule has 0 amide bonds. The normalized spacial score (nSPS) is 12.6. The lowest BCUT2D eigenvalue weighted by atomic mass is 10.1. The van der Waals surface area contributed by atoms with Crippen molar-refractivity contribution in [1.82, 2.24) is 0 Å². The molecule has 0 aromatic heterocycles. The Morgan fingerprint density at radius 3 is 2.62 bits per heavy atom. The van der Waals surface area contributed by atoms with Crippen LogP contribution in [0, 0.1) is 0 Å². The van der Waals surface area contributed by atoms with E-state index in [9.17, 15) is 4.79 Å². The predicted molar refractivity (Wildman–Crippen MR) is 61.8 cm³/mol. The highest BCUT2D eigenvalue weighted by Crippen LogP contribution is 2.28. The molecule has 1 aromatic rings. The largest absolute Gasteiger partial charge is 0.491 e. The summed E-state index contributed by atoms with van der Waals surface area (Å²) in [5, 5.41) is 9.29. The van der Waals surface area contributed by atoms with E-state index in [4.69, 9.17) is 27.2 Å². The van der Waals surface area contributed by atoms with E-state index in [0.29, 0.717) is 16.3 Å². The van der Waals surface area contributed by atoms with Crippen molar-refractivity contribution in [3.8, 4) is 5.75 Å². The third kappa shape index (κ3) is 3.12. The van der Waals surface area contributed by atoms with Gasteiger partial charge in [-0.1, -0.05) is 11.6 Å². The molecular formula is C11H14ClNO3. The quantitative estimate of drug-likeness (QED) is 0.851. The second kappa shape index (κ2) is 5.18. The van der Waals surface area contributed by atoms with Crippen molar-refractivity contribution < 1.29 is 14.6 Å². The Hall–Kier alpha value is -1.26. The van der Waals surface area contributed by atoms with Gasteiger partial charge >= 0.3 is 5.97 Å². The van der Waals surface area contributed by atoms with E-state index in [2.05, 4.69) is 0 Å². The van der Waals surface area contributed by atoms with E-state index >= 15 is 0 Å². The Balaban J connectivity index is 3.12. The highest BCUT2D eigenvalue weighted by molar-refractivity contribution is 6.30. The van der Waals surface area contributed by atoms with Crippen LogP contribution in [-0.2, 0) is 4.79 Å². The molecule has 4 nitrogen and oxygen atoms in total. The predicted octanol–water partition coefficient (Wildman–Crippen LogP) is 2.21. The van der Waals surface area contributed by atoms with E-state index in [-0.39, 0.29) is 6.10 Å². The minimum absolute atomic E-state index is 0.0547. The van der Waals surface area contributed by atoms with Gasteiger partial charge in [0.2, 0.25) is 0 Å². The molecule has 0 saturated heterocycles. The topological polar surface area (TPSA) is 72.5 Å². The summed E-state index contributed by atoms with van der Waals surface area (Å²) in [6.45, 7) is 3.70. The number of benzene rings is 1. The molecule has 1 atom stereocenters. The molecule has 5 heteroatoms. The number of rotatable bonds is 4. The third-order valence-corrected chi connectivity index (χ3v) is 2.17. The molecule has 3 N–H and O–H groups in total. The molecule has 1 unspecified atom stereocenters. The van der Waals surface area contributed by atoms with Gasteiger partial charge in [0.25, 0.3) is 0 Å². The molecular weight excluding hydrogens is 230 g/mol. The summed E-state index contributed by atoms with van der Waals surface area (Å²) >= 11 is 5.80. The molecule has 0 aliphatic heterocycles. The van der Waals surface area contributed by atoms with E-state index in [1.165, 1.54) is 6.07 Å². The van der Waals surface area contributed by atoms with Crippen LogP contribution in [0.1, 0.15) is 25.5 Å². The highest BCUT2D eigenvalue weighted by atomic mass is 35.5. The molecule has 88 valence electrons. The lowest BCUT2D eigenvalue weighted by molar-refractivity contribution is -0.138. The summed E-state index contributed by atoms with van der Waals surface area (Å²) in [4.78, 5) is 10.8. The number of hydrogen-bond donors (Lipinski definition) is 2. The van der Waals surface area contributed by atoms with Gasteiger partial charge in [0, 0.05) is 10.6 Å². The first-order valence-corrected chi connectivity index (χ1v) is 5.24. The summed E-state index contributed by atoms with van der Waals surface area (Å²) < 4.78 is 5.47. The second-order valence-corrected chi connectivity index (χ2v) is 4.10. The van der Waals surface area contributed by atoms with Crippen LogP contribution in [-0.4, -0.2) is 17.2 Å². The molecule has 1 rings (SSSR count). The van der Waals surface area contributed by atoms with Crippen LogP contribution in [0.4, 0.5) is 0 Å². The van der Waals surface area contributed by atoms with Crippen LogP contribution in [0.3, 0.4) is 0 Å². The molecule has 0 saturated carbocycles. The van der Waals surface area contributed by atoms with Crippen molar-refractivity contribution in [2.24, 2.45) is 5.73 Å². The lowest BCUT2D eigenvalue weighted by Crippen LogP contribution is -2.22. The standard InChI is InChI=1S/C11H14ClNO3/c1-6(2)16-9-4-3-7(12)5-8(9)10(13)11(14)15/h3-6,10H,13H2,1-2H3,(H,14,15). The maximum Gasteiger partial charge on any atom is 0.325 e. The van der Waals surface area contributed by atoms with Crippen LogP contribution >= 0.6 is 11.6 Å². The summed E-state index contributed by atoms with van der Waals surface area (Å²) in [5.41, 5.74) is 5.93. The van der Waals surface area contributed by atoms with Gasteiger partial charge in [-0.3, -0.25) is 4.79 Å². The molecule has 0 bridgehead atoms. The maximum absolute atomic E-state index is 10.8. The van der Waals surface area contributed by atoms with Gasteiger partial charge < -0.3 is 15.6 Å². The van der Waals surface area contributed by atoms with Gasteiger partial charge in [0.05, 0.1) is 6.10 Å². The van der Waals surface area contributed by atoms with Crippen molar-refractivity contribution in [1.29, 1.82) is 0 Å². The Labute approximate surface area is 99.0 Å². The van der Waals surface area contributed by atoms with Crippen molar-refractivity contribution in [3.05, 3.63) is 28.8 Å². The molecule has 0 aliphatic carbocycles. The molecule has 0 spiro atoms. The number of carbonyl (C=O) groups is 1. The summed E-state index contributed by atoms with van der Waals surface area (Å²) in [6.07, 6.45) is -0.0547. The zero-order valence-electron chi connectivity index (χ0n) is 9.11. The van der Waals surface area contributed by atoms with Crippen LogP contribution in [0.5, 0.6) is 5.75 Å². The average molecular weight is 244 g/mol. The van der Waals surface area contributed by atoms with Gasteiger partial charge in [0.1, 0.15) is 11.8 Å². The lowest BCUT2D eigenvalue weighted by Gasteiger charge is -2.16. The first-order chi connectivity index (χ1) is 7.41. The smallest absolute Gasteiger partial charge is 0.325 e. The van der Waals surface area contributed by atoms with E-state index in [1.807, 2.05) is 13.8 Å². The zero-order valence-corrected chi connectivity index (χ0v) is 9.86. The van der Waals surface area contributed by atoms with Gasteiger partial charge in [0.15, 0.2) is 0 Å². The van der Waals surface area contributed by atoms with Crippen molar-refractivity contribution in [2.75, 3.05) is 0 Å². The van der Waals surface area contributed by atoms with Crippen LogP contribution in [0.15, 0.2) is 18.2 Å². The van der Waals surface area contributed by atoms with Crippen molar-refractivity contribution in [3.63, 3.8) is 0 Å². The first kappa shape index (κ1) is 12.8. The molecule has 1 aromatic carbocycles. The maximum atomic E-state index is 10.8. The number of carboxylic acids is 1. The fraction of sp³-hybridized carbons (Fsp3) is 0.364. The van der Waals surface area contributed by atoms with Gasteiger partial charge in [-0.2, -0.15) is 0 Å². The fourth-order valence-corrected chi connectivity index (χ4v) is 1.44. The number of aliphatic carboxylic acids is 1. The Bertz CT molecular complexity index is 393. The molecule has 0 radical (unpaired) electrons. The number of nitrogens with two attached hydrogens (primary N) is 1. The van der Waals surface area contributed by atoms with Gasteiger partial charge in [-0.15, -0.1) is 0 Å². The molecule has 0 heterocycles. The van der Waals surface area contributed by atoms with Crippen LogP contribution in [0.25, 0.3) is 0 Å². The fourth-order valence-electron chi connectivity index (χ4n) is 1.26. The third-order valence-electron chi connectivity index (χ3n) is 1.94. The van der Waals surface area contributed by atoms with Gasteiger partial charge in [-0.05, 0) is 32.0 Å². The molecule has 0 aliphatic rings. The molecule has 16 heavy (non-hydrogen) atoms. The van der Waals surface area contributed by atoms with Gasteiger partial charge in [-0.25, -0.2) is 0 Å². The average Bonchev–Trinajstić information content (AvgIpc) is 2.18. The van der Waals surface area contributed by atoms with Crippen molar-refractivity contribution in [2.45, 2.75) is 26.0 Å².